The molecule has 0 fully saturated rings. The highest BCUT2D eigenvalue weighted by Gasteiger charge is 2.17. The molecule has 0 spiro atoms. The number of hydrogen-bond acceptors (Lipinski definition) is 5. The largest absolute Gasteiger partial charge is 0.322 e. The van der Waals surface area contributed by atoms with Crippen LogP contribution in [0.25, 0.3) is 22.0 Å². The lowest BCUT2D eigenvalue weighted by atomic mass is 10.1. The minimum atomic E-state index is -0.352. The Hall–Kier alpha value is -3.94. The van der Waals surface area contributed by atoms with E-state index in [1.54, 1.807) is 6.07 Å². The minimum Gasteiger partial charge on any atom is -0.322 e. The highest BCUT2D eigenvalue weighted by molar-refractivity contribution is 8.00. The zero-order valence-corrected chi connectivity index (χ0v) is 22.0. The zero-order chi connectivity index (χ0) is 25.8. The number of thioether (sulfide) groups is 1. The average molecular weight is 524 g/mol. The van der Waals surface area contributed by atoms with Crippen LogP contribution in [0.2, 0.25) is 0 Å². The summed E-state index contributed by atoms with van der Waals surface area (Å²) in [4.78, 5) is 31.1. The summed E-state index contributed by atoms with van der Waals surface area (Å²) >= 11 is 2.84. The summed E-state index contributed by atoms with van der Waals surface area (Å²) in [5, 5.41) is 10.4. The molecule has 1 heterocycles. The van der Waals surface area contributed by atoms with Crippen molar-refractivity contribution in [3.63, 3.8) is 0 Å². The second-order valence-corrected chi connectivity index (χ2v) is 10.9. The van der Waals surface area contributed by atoms with Gasteiger partial charge >= 0.3 is 0 Å². The van der Waals surface area contributed by atoms with E-state index >= 15 is 0 Å². The first-order chi connectivity index (χ1) is 18.0. The molecule has 0 bridgehead atoms. The molecule has 2 N–H and O–H groups in total. The lowest BCUT2D eigenvalue weighted by Crippen LogP contribution is -2.22. The van der Waals surface area contributed by atoms with Crippen molar-refractivity contribution in [3.8, 4) is 11.3 Å². The normalized spacial score (nSPS) is 11.7. The molecule has 0 saturated carbocycles. The van der Waals surface area contributed by atoms with Gasteiger partial charge < -0.3 is 10.6 Å². The number of aromatic nitrogens is 1. The molecular formula is C30H25N3O2S2. The molecule has 5 rings (SSSR count). The number of thiazole rings is 1. The molecule has 2 amide bonds. The summed E-state index contributed by atoms with van der Waals surface area (Å²) in [6, 6.07) is 29.4. The SMILES string of the molecule is Cc1ccccc1C(=O)Nc1cccc(SC(C)C(=O)Nc2nc(-c3ccc4ccccc4c3)cs2)c1. The Morgan fingerprint density at radius 1 is 0.865 bits per heavy atom. The molecule has 4 aromatic carbocycles. The van der Waals surface area contributed by atoms with E-state index in [0.717, 1.165) is 27.1 Å². The lowest BCUT2D eigenvalue weighted by Gasteiger charge is -2.12. The summed E-state index contributed by atoms with van der Waals surface area (Å²) in [5.41, 5.74) is 4.10. The van der Waals surface area contributed by atoms with Crippen molar-refractivity contribution in [3.05, 3.63) is 108 Å². The molecule has 1 unspecified atom stereocenters. The van der Waals surface area contributed by atoms with Crippen LogP contribution >= 0.6 is 23.1 Å². The number of rotatable bonds is 7. The van der Waals surface area contributed by atoms with Gasteiger partial charge in [-0.2, -0.15) is 0 Å². The predicted molar refractivity (Wildman–Crippen MR) is 155 cm³/mol. The third-order valence-electron chi connectivity index (χ3n) is 5.94. The van der Waals surface area contributed by atoms with Gasteiger partial charge in [0.2, 0.25) is 5.91 Å². The van der Waals surface area contributed by atoms with Gasteiger partial charge in [0.05, 0.1) is 10.9 Å². The van der Waals surface area contributed by atoms with Crippen molar-refractivity contribution in [1.82, 2.24) is 4.98 Å². The Kier molecular flexibility index (Phi) is 7.35. The Morgan fingerprint density at radius 2 is 1.65 bits per heavy atom. The van der Waals surface area contributed by atoms with Gasteiger partial charge in [-0.25, -0.2) is 4.98 Å². The molecule has 0 aliphatic carbocycles. The first-order valence-corrected chi connectivity index (χ1v) is 13.6. The van der Waals surface area contributed by atoms with Crippen molar-refractivity contribution in [1.29, 1.82) is 0 Å². The topological polar surface area (TPSA) is 71.1 Å². The van der Waals surface area contributed by atoms with Crippen LogP contribution in [0, 0.1) is 6.92 Å². The molecule has 0 saturated heterocycles. The van der Waals surface area contributed by atoms with E-state index in [2.05, 4.69) is 39.9 Å². The van der Waals surface area contributed by atoms with Crippen LogP contribution in [0.3, 0.4) is 0 Å². The van der Waals surface area contributed by atoms with Crippen LogP contribution in [-0.2, 0) is 4.79 Å². The van der Waals surface area contributed by atoms with E-state index in [0.29, 0.717) is 16.4 Å². The molecule has 37 heavy (non-hydrogen) atoms. The standard InChI is InChI=1S/C30H25N3O2S2/c1-19-8-3-6-13-26(19)29(35)31-24-11-7-12-25(17-24)37-20(2)28(34)33-30-32-27(18-36-30)23-15-14-21-9-4-5-10-22(21)16-23/h3-18,20H,1-2H3,(H,31,35)(H,32,33,34). The number of hydrogen-bond donors (Lipinski definition) is 2. The van der Waals surface area contributed by atoms with Crippen molar-refractivity contribution in [2.45, 2.75) is 24.0 Å². The molecule has 184 valence electrons. The zero-order valence-electron chi connectivity index (χ0n) is 20.4. The molecule has 5 aromatic rings. The summed E-state index contributed by atoms with van der Waals surface area (Å²) in [6.45, 7) is 3.77. The predicted octanol–water partition coefficient (Wildman–Crippen LogP) is 7.64. The number of amides is 2. The van der Waals surface area contributed by atoms with Crippen LogP contribution in [-0.4, -0.2) is 22.0 Å². The summed E-state index contributed by atoms with van der Waals surface area (Å²) < 4.78 is 0. The van der Waals surface area contributed by atoms with Crippen LogP contribution in [0.5, 0.6) is 0 Å². The number of nitrogens with one attached hydrogen (secondary N) is 2. The Balaban J connectivity index is 1.21. The van der Waals surface area contributed by atoms with Crippen molar-refractivity contribution in [2.75, 3.05) is 10.6 Å². The quantitative estimate of drug-likeness (QED) is 0.215. The number of fused-ring (bicyclic) bond motifs is 1. The third-order valence-corrected chi connectivity index (χ3v) is 7.79. The van der Waals surface area contributed by atoms with E-state index in [1.807, 2.05) is 79.9 Å². The lowest BCUT2D eigenvalue weighted by molar-refractivity contribution is -0.115. The maximum atomic E-state index is 12.9. The monoisotopic (exact) mass is 523 g/mol. The molecule has 1 aromatic heterocycles. The first kappa shape index (κ1) is 24.7. The van der Waals surface area contributed by atoms with E-state index < -0.39 is 0 Å². The van der Waals surface area contributed by atoms with Gasteiger partial charge in [0.25, 0.3) is 5.91 Å². The van der Waals surface area contributed by atoms with Gasteiger partial charge in [-0.15, -0.1) is 23.1 Å². The summed E-state index contributed by atoms with van der Waals surface area (Å²) in [6.07, 6.45) is 0. The van der Waals surface area contributed by atoms with Crippen molar-refractivity contribution < 1.29 is 9.59 Å². The fourth-order valence-electron chi connectivity index (χ4n) is 3.95. The smallest absolute Gasteiger partial charge is 0.255 e. The molecule has 0 aliphatic heterocycles. The second kappa shape index (κ2) is 11.0. The minimum absolute atomic E-state index is 0.126. The number of carbonyl (C=O) groups excluding carboxylic acids is 2. The van der Waals surface area contributed by atoms with E-state index in [9.17, 15) is 9.59 Å². The van der Waals surface area contributed by atoms with Crippen LogP contribution in [0.4, 0.5) is 10.8 Å². The van der Waals surface area contributed by atoms with Crippen LogP contribution in [0.1, 0.15) is 22.8 Å². The average Bonchev–Trinajstić information content (AvgIpc) is 3.37. The van der Waals surface area contributed by atoms with E-state index in [4.69, 9.17) is 0 Å². The molecule has 0 radical (unpaired) electrons. The van der Waals surface area contributed by atoms with Gasteiger partial charge in [-0.3, -0.25) is 9.59 Å². The first-order valence-electron chi connectivity index (χ1n) is 11.9. The number of nitrogens with zero attached hydrogens (tertiary/aromatic N) is 1. The summed E-state index contributed by atoms with van der Waals surface area (Å²) in [7, 11) is 0. The summed E-state index contributed by atoms with van der Waals surface area (Å²) in [5.74, 6) is -0.282. The Labute approximate surface area is 224 Å². The van der Waals surface area contributed by atoms with Gasteiger partial charge in [0.15, 0.2) is 5.13 Å². The maximum absolute atomic E-state index is 12.9. The Morgan fingerprint density at radius 3 is 2.49 bits per heavy atom. The number of anilines is 2. The number of aryl methyl sites for hydroxylation is 1. The molecule has 1 atom stereocenters. The fourth-order valence-corrected chi connectivity index (χ4v) is 5.60. The number of carbonyl (C=O) groups is 2. The third kappa shape index (κ3) is 5.90. The van der Waals surface area contributed by atoms with Gasteiger partial charge in [0.1, 0.15) is 0 Å². The van der Waals surface area contributed by atoms with Crippen molar-refractivity contribution >= 4 is 56.5 Å². The van der Waals surface area contributed by atoms with E-state index in [-0.39, 0.29) is 17.1 Å². The maximum Gasteiger partial charge on any atom is 0.255 e. The molecular weight excluding hydrogens is 498 g/mol. The fraction of sp³-hybridized carbons (Fsp3) is 0.100. The number of benzene rings is 4. The molecule has 0 aliphatic rings. The molecule has 7 heteroatoms. The highest BCUT2D eigenvalue weighted by atomic mass is 32.2. The van der Waals surface area contributed by atoms with Gasteiger partial charge in [-0.1, -0.05) is 60.7 Å². The molecule has 5 nitrogen and oxygen atoms in total. The van der Waals surface area contributed by atoms with Crippen LogP contribution in [0.15, 0.2) is 101 Å². The Bertz CT molecular complexity index is 1590. The highest BCUT2D eigenvalue weighted by Crippen LogP contribution is 2.30. The second-order valence-electron chi connectivity index (χ2n) is 8.65. The van der Waals surface area contributed by atoms with E-state index in [1.165, 1.54) is 28.5 Å². The van der Waals surface area contributed by atoms with Crippen molar-refractivity contribution in [2.24, 2.45) is 0 Å². The van der Waals surface area contributed by atoms with Gasteiger partial charge in [0, 0.05) is 27.1 Å². The van der Waals surface area contributed by atoms with Gasteiger partial charge in [-0.05, 0) is 60.5 Å². The van der Waals surface area contributed by atoms with Crippen LogP contribution < -0.4 is 10.6 Å².